The monoisotopic (exact) mass is 338 g/mol. The number of anilines is 1. The maximum absolute atomic E-state index is 12.4. The summed E-state index contributed by atoms with van der Waals surface area (Å²) in [6.07, 6.45) is 5.09. The fraction of sp³-hybridized carbons (Fsp3) is 0.750. The predicted molar refractivity (Wildman–Crippen MR) is 92.1 cm³/mol. The minimum absolute atomic E-state index is 0.00752. The molecule has 6 nitrogen and oxygen atoms in total. The number of morpholine rings is 1. The van der Waals surface area contributed by atoms with Crippen LogP contribution >= 0.6 is 11.3 Å². The van der Waals surface area contributed by atoms with Crippen molar-refractivity contribution in [1.29, 1.82) is 0 Å². The number of carbonyl (C=O) groups excluding carboxylic acids is 1. The van der Waals surface area contributed by atoms with E-state index in [1.165, 1.54) is 4.88 Å². The number of aryl methyl sites for hydroxylation is 1. The Bertz CT molecular complexity index is 516. The first-order chi connectivity index (χ1) is 11.2. The number of hydrogen-bond donors (Lipinski definition) is 1. The standard InChI is InChI=1S/C16H26N4O2S/c1-2-3-14-10-17-15(23-14)18-16(21)20-5-4-13(12-20)11-19-6-8-22-9-7-19/h10,13H,2-9,11-12H2,1H3,(H,17,18,21)/t13-/m1/s1. The molecule has 0 unspecified atom stereocenters. The smallest absolute Gasteiger partial charge is 0.323 e. The minimum atomic E-state index is -0.00752. The van der Waals surface area contributed by atoms with Gasteiger partial charge in [0.15, 0.2) is 5.13 Å². The van der Waals surface area contributed by atoms with Crippen LogP contribution in [0.4, 0.5) is 9.93 Å². The average Bonchev–Trinajstić information content (AvgIpc) is 3.18. The predicted octanol–water partition coefficient (Wildman–Crippen LogP) is 2.28. The lowest BCUT2D eigenvalue weighted by molar-refractivity contribution is 0.0314. The van der Waals surface area contributed by atoms with Gasteiger partial charge in [-0.2, -0.15) is 0 Å². The molecule has 2 aliphatic rings. The summed E-state index contributed by atoms with van der Waals surface area (Å²) >= 11 is 1.58. The van der Waals surface area contributed by atoms with Gasteiger partial charge in [0.2, 0.25) is 0 Å². The Morgan fingerprint density at radius 2 is 2.26 bits per heavy atom. The number of aromatic nitrogens is 1. The van der Waals surface area contributed by atoms with Crippen LogP contribution in [0.15, 0.2) is 6.20 Å². The quantitative estimate of drug-likeness (QED) is 0.895. The fourth-order valence-corrected chi connectivity index (χ4v) is 4.12. The number of likely N-dealkylation sites (tertiary alicyclic amines) is 1. The fourth-order valence-electron chi connectivity index (χ4n) is 3.21. The molecule has 0 bridgehead atoms. The average molecular weight is 338 g/mol. The molecule has 2 saturated heterocycles. The van der Waals surface area contributed by atoms with Crippen molar-refractivity contribution in [2.24, 2.45) is 5.92 Å². The molecule has 2 aliphatic heterocycles. The maximum atomic E-state index is 12.4. The molecular formula is C16H26N4O2S. The van der Waals surface area contributed by atoms with Crippen LogP contribution in [-0.4, -0.2) is 66.8 Å². The number of urea groups is 1. The number of rotatable bonds is 5. The van der Waals surface area contributed by atoms with Gasteiger partial charge >= 0.3 is 6.03 Å². The highest BCUT2D eigenvalue weighted by atomic mass is 32.1. The van der Waals surface area contributed by atoms with E-state index < -0.39 is 0 Å². The molecule has 0 radical (unpaired) electrons. The van der Waals surface area contributed by atoms with Crippen LogP contribution < -0.4 is 5.32 Å². The molecule has 3 rings (SSSR count). The molecule has 2 amide bonds. The number of hydrogen-bond acceptors (Lipinski definition) is 5. The molecule has 23 heavy (non-hydrogen) atoms. The lowest BCUT2D eigenvalue weighted by Crippen LogP contribution is -2.40. The van der Waals surface area contributed by atoms with Crippen molar-refractivity contribution in [1.82, 2.24) is 14.8 Å². The van der Waals surface area contributed by atoms with Gasteiger partial charge in [-0.3, -0.25) is 10.2 Å². The van der Waals surface area contributed by atoms with Gasteiger partial charge in [0.05, 0.1) is 13.2 Å². The molecule has 3 heterocycles. The Balaban J connectivity index is 1.44. The zero-order chi connectivity index (χ0) is 16.1. The van der Waals surface area contributed by atoms with Crippen LogP contribution in [0, 0.1) is 5.92 Å². The highest BCUT2D eigenvalue weighted by Gasteiger charge is 2.28. The molecule has 1 N–H and O–H groups in total. The Kier molecular flexibility index (Phi) is 5.85. The van der Waals surface area contributed by atoms with Gasteiger partial charge in [0, 0.05) is 43.8 Å². The van der Waals surface area contributed by atoms with Crippen LogP contribution in [0.2, 0.25) is 0 Å². The summed E-state index contributed by atoms with van der Waals surface area (Å²) in [6, 6.07) is -0.00752. The SMILES string of the molecule is CCCc1cnc(NC(=O)N2CC[C@H](CN3CCOCC3)C2)s1. The first kappa shape index (κ1) is 16.7. The molecule has 128 valence electrons. The third kappa shape index (κ3) is 4.65. The van der Waals surface area contributed by atoms with Gasteiger partial charge in [0.25, 0.3) is 0 Å². The van der Waals surface area contributed by atoms with E-state index in [0.717, 1.165) is 70.3 Å². The summed E-state index contributed by atoms with van der Waals surface area (Å²) in [5, 5.41) is 3.67. The van der Waals surface area contributed by atoms with E-state index in [-0.39, 0.29) is 6.03 Å². The van der Waals surface area contributed by atoms with Crippen molar-refractivity contribution in [2.75, 3.05) is 51.3 Å². The van der Waals surface area contributed by atoms with E-state index in [1.807, 2.05) is 11.1 Å². The number of amides is 2. The summed E-state index contributed by atoms with van der Waals surface area (Å²) in [5.41, 5.74) is 0. The molecule has 0 spiro atoms. The maximum Gasteiger partial charge on any atom is 0.323 e. The minimum Gasteiger partial charge on any atom is -0.379 e. The largest absolute Gasteiger partial charge is 0.379 e. The summed E-state index contributed by atoms with van der Waals surface area (Å²) in [4.78, 5) is 22.3. The van der Waals surface area contributed by atoms with E-state index in [4.69, 9.17) is 4.74 Å². The molecular weight excluding hydrogens is 312 g/mol. The topological polar surface area (TPSA) is 57.7 Å². The summed E-state index contributed by atoms with van der Waals surface area (Å²) in [5.74, 6) is 0.575. The highest BCUT2D eigenvalue weighted by molar-refractivity contribution is 7.15. The van der Waals surface area contributed by atoms with Crippen LogP contribution in [0.25, 0.3) is 0 Å². The second-order valence-electron chi connectivity index (χ2n) is 6.33. The van der Waals surface area contributed by atoms with Gasteiger partial charge in [0.1, 0.15) is 0 Å². The number of thiazole rings is 1. The zero-order valence-electron chi connectivity index (χ0n) is 13.8. The second kappa shape index (κ2) is 8.08. The first-order valence-corrected chi connectivity index (χ1v) is 9.37. The molecule has 1 aromatic rings. The van der Waals surface area contributed by atoms with Gasteiger partial charge < -0.3 is 9.64 Å². The Hall–Kier alpha value is -1.18. The van der Waals surface area contributed by atoms with E-state index in [9.17, 15) is 4.79 Å². The van der Waals surface area contributed by atoms with E-state index >= 15 is 0 Å². The van der Waals surface area contributed by atoms with Crippen molar-refractivity contribution in [3.05, 3.63) is 11.1 Å². The van der Waals surface area contributed by atoms with Crippen LogP contribution in [0.1, 0.15) is 24.6 Å². The number of ether oxygens (including phenoxy) is 1. The van der Waals surface area contributed by atoms with Crippen molar-refractivity contribution in [3.63, 3.8) is 0 Å². The number of carbonyl (C=O) groups is 1. The third-order valence-corrected chi connectivity index (χ3v) is 5.43. The lowest BCUT2D eigenvalue weighted by Gasteiger charge is -2.29. The zero-order valence-corrected chi connectivity index (χ0v) is 14.6. The molecule has 0 saturated carbocycles. The van der Waals surface area contributed by atoms with Crippen molar-refractivity contribution >= 4 is 22.5 Å². The van der Waals surface area contributed by atoms with Crippen LogP contribution in [0.5, 0.6) is 0 Å². The summed E-state index contributed by atoms with van der Waals surface area (Å²) < 4.78 is 5.39. The number of nitrogens with one attached hydrogen (secondary N) is 1. The van der Waals surface area contributed by atoms with Gasteiger partial charge in [-0.25, -0.2) is 9.78 Å². The van der Waals surface area contributed by atoms with E-state index in [0.29, 0.717) is 5.92 Å². The first-order valence-electron chi connectivity index (χ1n) is 8.55. The molecule has 0 aromatic carbocycles. The summed E-state index contributed by atoms with van der Waals surface area (Å²) in [7, 11) is 0. The Morgan fingerprint density at radius 3 is 3.04 bits per heavy atom. The van der Waals surface area contributed by atoms with Gasteiger partial charge in [-0.15, -0.1) is 11.3 Å². The molecule has 0 aliphatic carbocycles. The van der Waals surface area contributed by atoms with Crippen LogP contribution in [0.3, 0.4) is 0 Å². The van der Waals surface area contributed by atoms with Crippen molar-refractivity contribution < 1.29 is 9.53 Å². The normalized spacial score (nSPS) is 22.5. The van der Waals surface area contributed by atoms with Crippen LogP contribution in [-0.2, 0) is 11.2 Å². The van der Waals surface area contributed by atoms with E-state index in [1.54, 1.807) is 11.3 Å². The Morgan fingerprint density at radius 1 is 1.43 bits per heavy atom. The molecule has 7 heteroatoms. The highest BCUT2D eigenvalue weighted by Crippen LogP contribution is 2.22. The second-order valence-corrected chi connectivity index (χ2v) is 7.44. The molecule has 1 atom stereocenters. The van der Waals surface area contributed by atoms with Crippen molar-refractivity contribution in [3.8, 4) is 0 Å². The van der Waals surface area contributed by atoms with Gasteiger partial charge in [-0.1, -0.05) is 13.3 Å². The third-order valence-electron chi connectivity index (χ3n) is 4.46. The molecule has 2 fully saturated rings. The van der Waals surface area contributed by atoms with Crippen molar-refractivity contribution in [2.45, 2.75) is 26.2 Å². The number of nitrogens with zero attached hydrogens (tertiary/aromatic N) is 3. The summed E-state index contributed by atoms with van der Waals surface area (Å²) in [6.45, 7) is 8.61. The molecule has 1 aromatic heterocycles. The van der Waals surface area contributed by atoms with Gasteiger partial charge in [-0.05, 0) is 18.8 Å². The van der Waals surface area contributed by atoms with E-state index in [2.05, 4.69) is 22.1 Å². The lowest BCUT2D eigenvalue weighted by atomic mass is 10.1. The Labute approximate surface area is 141 Å².